The van der Waals surface area contributed by atoms with Crippen LogP contribution in [0, 0.1) is 28.9 Å². The van der Waals surface area contributed by atoms with Crippen LogP contribution in [0.2, 0.25) is 0 Å². The molecule has 0 radical (unpaired) electrons. The summed E-state index contributed by atoms with van der Waals surface area (Å²) < 4.78 is 26.2. The van der Waals surface area contributed by atoms with Crippen molar-refractivity contribution < 1.29 is 8.78 Å². The molecule has 18 heavy (non-hydrogen) atoms. The van der Waals surface area contributed by atoms with Gasteiger partial charge in [-0.2, -0.15) is 0 Å². The third-order valence-corrected chi connectivity index (χ3v) is 4.57. The number of hydrogen-bond acceptors (Lipinski definition) is 1. The van der Waals surface area contributed by atoms with Crippen molar-refractivity contribution >= 4 is 0 Å². The number of benzene rings is 1. The molecule has 98 valence electrons. The topological polar surface area (TPSA) is 12.0 Å². The summed E-state index contributed by atoms with van der Waals surface area (Å²) in [4.78, 5) is 0. The molecular formula is C15H19F2N. The molecule has 0 spiro atoms. The van der Waals surface area contributed by atoms with Gasteiger partial charge in [-0.05, 0) is 67.7 Å². The van der Waals surface area contributed by atoms with Crippen LogP contribution in [0.1, 0.15) is 24.8 Å². The molecule has 0 aliphatic heterocycles. The maximum Gasteiger partial charge on any atom is 0.159 e. The van der Waals surface area contributed by atoms with E-state index in [1.165, 1.54) is 31.4 Å². The summed E-state index contributed by atoms with van der Waals surface area (Å²) in [5, 5.41) is 3.27. The standard InChI is InChI=1S/C15H19F2N/c1-18-9-15(7-11-5-12(11)8-15)6-10-2-3-13(16)14(17)4-10/h2-4,11-12,18H,5-9H2,1H3. The third kappa shape index (κ3) is 2.16. The van der Waals surface area contributed by atoms with Crippen LogP contribution < -0.4 is 5.32 Å². The van der Waals surface area contributed by atoms with Gasteiger partial charge in [-0.1, -0.05) is 6.07 Å². The Labute approximate surface area is 107 Å². The fourth-order valence-electron chi connectivity index (χ4n) is 3.81. The summed E-state index contributed by atoms with van der Waals surface area (Å²) in [6, 6.07) is 4.32. The predicted octanol–water partition coefficient (Wildman–Crippen LogP) is 3.14. The third-order valence-electron chi connectivity index (χ3n) is 4.57. The van der Waals surface area contributed by atoms with E-state index in [0.717, 1.165) is 30.4 Å². The molecule has 2 fully saturated rings. The van der Waals surface area contributed by atoms with Gasteiger partial charge in [-0.25, -0.2) is 8.78 Å². The highest BCUT2D eigenvalue weighted by atomic mass is 19.2. The summed E-state index contributed by atoms with van der Waals surface area (Å²) in [5.74, 6) is 0.304. The minimum atomic E-state index is -0.754. The molecule has 2 saturated carbocycles. The van der Waals surface area contributed by atoms with Crippen molar-refractivity contribution in [1.29, 1.82) is 0 Å². The van der Waals surface area contributed by atoms with Crippen molar-refractivity contribution in [2.45, 2.75) is 25.7 Å². The number of rotatable bonds is 4. The van der Waals surface area contributed by atoms with Crippen molar-refractivity contribution in [2.24, 2.45) is 17.3 Å². The van der Waals surface area contributed by atoms with E-state index in [-0.39, 0.29) is 5.41 Å². The van der Waals surface area contributed by atoms with Gasteiger partial charge in [0.05, 0.1) is 0 Å². The fraction of sp³-hybridized carbons (Fsp3) is 0.600. The Hall–Kier alpha value is -0.960. The van der Waals surface area contributed by atoms with Crippen molar-refractivity contribution in [1.82, 2.24) is 5.32 Å². The zero-order valence-electron chi connectivity index (χ0n) is 10.7. The molecule has 1 aromatic rings. The summed E-state index contributed by atoms with van der Waals surface area (Å²) in [5.41, 5.74) is 1.18. The van der Waals surface area contributed by atoms with E-state index in [1.54, 1.807) is 6.07 Å². The zero-order valence-corrected chi connectivity index (χ0v) is 10.7. The first-order valence-corrected chi connectivity index (χ1v) is 6.70. The van der Waals surface area contributed by atoms with Crippen LogP contribution in [-0.2, 0) is 6.42 Å². The second-order valence-corrected chi connectivity index (χ2v) is 6.12. The molecule has 1 nitrogen and oxygen atoms in total. The Kier molecular flexibility index (Phi) is 2.89. The molecule has 0 saturated heterocycles. The first-order valence-electron chi connectivity index (χ1n) is 6.70. The van der Waals surface area contributed by atoms with Crippen LogP contribution in [0.15, 0.2) is 18.2 Å². The Morgan fingerprint density at radius 1 is 1.22 bits per heavy atom. The quantitative estimate of drug-likeness (QED) is 0.867. The van der Waals surface area contributed by atoms with E-state index < -0.39 is 11.6 Å². The van der Waals surface area contributed by atoms with Gasteiger partial charge >= 0.3 is 0 Å². The van der Waals surface area contributed by atoms with Crippen molar-refractivity contribution in [3.8, 4) is 0 Å². The van der Waals surface area contributed by atoms with Gasteiger partial charge in [-0.3, -0.25) is 0 Å². The molecule has 0 amide bonds. The Morgan fingerprint density at radius 3 is 2.56 bits per heavy atom. The minimum absolute atomic E-state index is 0.257. The average Bonchev–Trinajstić information content (AvgIpc) is 2.93. The Balaban J connectivity index is 1.78. The largest absolute Gasteiger partial charge is 0.319 e. The highest BCUT2D eigenvalue weighted by Crippen LogP contribution is 2.60. The normalized spacial score (nSPS) is 33.5. The second-order valence-electron chi connectivity index (χ2n) is 6.12. The molecule has 2 unspecified atom stereocenters. The van der Waals surface area contributed by atoms with E-state index in [9.17, 15) is 8.78 Å². The maximum absolute atomic E-state index is 13.3. The summed E-state index contributed by atoms with van der Waals surface area (Å²) in [6.07, 6.45) is 4.70. The van der Waals surface area contributed by atoms with E-state index >= 15 is 0 Å². The molecule has 2 aliphatic rings. The van der Waals surface area contributed by atoms with Gasteiger partial charge in [0.15, 0.2) is 11.6 Å². The summed E-state index contributed by atoms with van der Waals surface area (Å²) >= 11 is 0. The molecule has 3 rings (SSSR count). The number of halogens is 2. The molecule has 1 aromatic carbocycles. The van der Waals surface area contributed by atoms with Gasteiger partial charge < -0.3 is 5.32 Å². The van der Waals surface area contributed by atoms with Gasteiger partial charge in [-0.15, -0.1) is 0 Å². The summed E-state index contributed by atoms with van der Waals surface area (Å²) in [7, 11) is 1.97. The zero-order chi connectivity index (χ0) is 12.8. The van der Waals surface area contributed by atoms with Gasteiger partial charge in [0.25, 0.3) is 0 Å². The predicted molar refractivity (Wildman–Crippen MR) is 67.3 cm³/mol. The first-order chi connectivity index (χ1) is 8.62. The van der Waals surface area contributed by atoms with Crippen LogP contribution in [0.5, 0.6) is 0 Å². The van der Waals surface area contributed by atoms with Crippen molar-refractivity contribution in [2.75, 3.05) is 13.6 Å². The molecular weight excluding hydrogens is 232 g/mol. The van der Waals surface area contributed by atoms with E-state index in [1.807, 2.05) is 7.05 Å². The fourth-order valence-corrected chi connectivity index (χ4v) is 3.81. The van der Waals surface area contributed by atoms with E-state index in [2.05, 4.69) is 5.32 Å². The Bertz CT molecular complexity index is 448. The monoisotopic (exact) mass is 251 g/mol. The van der Waals surface area contributed by atoms with Gasteiger partial charge in [0, 0.05) is 6.54 Å². The molecule has 0 heterocycles. The van der Waals surface area contributed by atoms with Crippen molar-refractivity contribution in [3.05, 3.63) is 35.4 Å². The van der Waals surface area contributed by atoms with Crippen LogP contribution in [0.25, 0.3) is 0 Å². The van der Waals surface area contributed by atoms with Crippen molar-refractivity contribution in [3.63, 3.8) is 0 Å². The van der Waals surface area contributed by atoms with E-state index in [4.69, 9.17) is 0 Å². The van der Waals surface area contributed by atoms with E-state index in [0.29, 0.717) is 0 Å². The molecule has 1 N–H and O–H groups in total. The molecule has 3 heteroatoms. The van der Waals surface area contributed by atoms with Crippen LogP contribution >= 0.6 is 0 Å². The lowest BCUT2D eigenvalue weighted by Crippen LogP contribution is -2.33. The molecule has 0 bridgehead atoms. The lowest BCUT2D eigenvalue weighted by molar-refractivity contribution is 0.254. The van der Waals surface area contributed by atoms with Gasteiger partial charge in [0.1, 0.15) is 0 Å². The van der Waals surface area contributed by atoms with Gasteiger partial charge in [0.2, 0.25) is 0 Å². The summed E-state index contributed by atoms with van der Waals surface area (Å²) in [6.45, 7) is 0.971. The Morgan fingerprint density at radius 2 is 1.94 bits per heavy atom. The minimum Gasteiger partial charge on any atom is -0.319 e. The molecule has 2 atom stereocenters. The first kappa shape index (κ1) is 12.1. The lowest BCUT2D eigenvalue weighted by atomic mass is 9.77. The maximum atomic E-state index is 13.3. The SMILES string of the molecule is CNCC1(Cc2ccc(F)c(F)c2)CC2CC2C1. The highest BCUT2D eigenvalue weighted by molar-refractivity contribution is 5.21. The van der Waals surface area contributed by atoms with Crippen LogP contribution in [0.4, 0.5) is 8.78 Å². The average molecular weight is 251 g/mol. The van der Waals surface area contributed by atoms with Crippen LogP contribution in [-0.4, -0.2) is 13.6 Å². The smallest absolute Gasteiger partial charge is 0.159 e. The number of hydrogen-bond donors (Lipinski definition) is 1. The number of nitrogens with one attached hydrogen (secondary N) is 1. The highest BCUT2D eigenvalue weighted by Gasteiger charge is 2.53. The molecule has 0 aromatic heterocycles. The number of fused-ring (bicyclic) bond motifs is 1. The molecule has 2 aliphatic carbocycles. The lowest BCUT2D eigenvalue weighted by Gasteiger charge is -2.31. The second kappa shape index (κ2) is 4.30. The van der Waals surface area contributed by atoms with Crippen LogP contribution in [0.3, 0.4) is 0 Å².